The third-order valence-electron chi connectivity index (χ3n) is 3.70. The monoisotopic (exact) mass is 682 g/mol. The van der Waals surface area contributed by atoms with Crippen LogP contribution in [-0.4, -0.2) is 21.4 Å². The highest BCUT2D eigenvalue weighted by Gasteiger charge is 2.64. The van der Waals surface area contributed by atoms with E-state index >= 15 is 0 Å². The lowest BCUT2D eigenvalue weighted by Crippen LogP contribution is -2.47. The van der Waals surface area contributed by atoms with Crippen molar-refractivity contribution in [2.75, 3.05) is 0 Å². The summed E-state index contributed by atoms with van der Waals surface area (Å²) in [4.78, 5) is 0. The first-order valence-corrected chi connectivity index (χ1v) is 12.3. The first-order chi connectivity index (χ1) is 12.5. The van der Waals surface area contributed by atoms with Gasteiger partial charge in [-0.2, -0.15) is 0 Å². The topological polar surface area (TPSA) is 20.2 Å². The third-order valence-corrected chi connectivity index (χ3v) is 11.6. The lowest BCUT2D eigenvalue weighted by Gasteiger charge is -2.42. The molecule has 0 radical (unpaired) electrons. The summed E-state index contributed by atoms with van der Waals surface area (Å²) >= 11 is 85.5. The van der Waals surface area contributed by atoms with Crippen LogP contribution in [0.25, 0.3) is 0 Å². The summed E-state index contributed by atoms with van der Waals surface area (Å²) in [5.74, 6) is 0. The molecule has 1 rings (SSSR count). The zero-order valence-electron chi connectivity index (χ0n) is 13.5. The summed E-state index contributed by atoms with van der Waals surface area (Å²) in [7, 11) is 0. The van der Waals surface area contributed by atoms with E-state index in [0.717, 1.165) is 0 Å². The zero-order valence-corrected chi connectivity index (χ0v) is 24.1. The average Bonchev–Trinajstić information content (AvgIpc) is 2.51. The summed E-state index contributed by atoms with van der Waals surface area (Å²) in [5.41, 5.74) is -0.338. The molecule has 0 amide bonds. The third kappa shape index (κ3) is 5.57. The number of aliphatic hydroxyl groups is 1. The minimum Gasteiger partial charge on any atom is -0.389 e. The van der Waals surface area contributed by atoms with Gasteiger partial charge in [0.1, 0.15) is 0 Å². The molecule has 1 nitrogen and oxygen atoms in total. The summed E-state index contributed by atoms with van der Waals surface area (Å²) in [6.07, 6.45) is -1.34. The first-order valence-electron chi connectivity index (χ1n) is 7.01. The van der Waals surface area contributed by atoms with Gasteiger partial charge in [-0.05, 0) is 23.6 Å². The molecule has 1 N–H and O–H groups in total. The number of rotatable bonds is 5. The van der Waals surface area contributed by atoms with E-state index in [0.29, 0.717) is 0 Å². The molecule has 0 aliphatic heterocycles. The molecule has 168 valence electrons. The van der Waals surface area contributed by atoms with Crippen LogP contribution in [0.15, 0.2) is 18.2 Å². The van der Waals surface area contributed by atoms with Gasteiger partial charge in [0, 0.05) is 0 Å². The van der Waals surface area contributed by atoms with Crippen LogP contribution in [0.4, 0.5) is 0 Å². The Labute approximate surface area is 237 Å². The molecule has 0 bridgehead atoms. The van der Waals surface area contributed by atoms with Gasteiger partial charge in [0.05, 0.1) is 6.10 Å². The summed E-state index contributed by atoms with van der Waals surface area (Å²) in [6, 6.07) is 4.05. The van der Waals surface area contributed by atoms with Crippen LogP contribution in [0.2, 0.25) is 0 Å². The van der Waals surface area contributed by atoms with Crippen LogP contribution in [0.3, 0.4) is 0 Å². The molecule has 0 aliphatic carbocycles. The van der Waals surface area contributed by atoms with Crippen molar-refractivity contribution in [2.45, 2.75) is 37.9 Å². The van der Waals surface area contributed by atoms with Gasteiger partial charge in [-0.1, -0.05) is 181 Å². The van der Waals surface area contributed by atoms with Crippen molar-refractivity contribution in [3.8, 4) is 0 Å². The molecule has 1 aromatic rings. The molecular formula is C14H8Cl14O. The molecule has 0 saturated carbocycles. The maximum atomic E-state index is 10.4. The van der Waals surface area contributed by atoms with Crippen LogP contribution in [0, 0.1) is 0 Å². The second-order valence-corrected chi connectivity index (χ2v) is 15.6. The molecule has 0 saturated heterocycles. The SMILES string of the molecule is CC(O)c1c(C(Cl)(Cl)C(Cl)(Cl)C(Cl)(Cl)Cl)cccc1C(Cl)(Cl)C(Cl)(Cl)C(Cl)(Cl)Cl. The van der Waals surface area contributed by atoms with E-state index in [4.69, 9.17) is 162 Å². The molecular weight excluding hydrogens is 680 g/mol. The van der Waals surface area contributed by atoms with E-state index in [9.17, 15) is 5.11 Å². The van der Waals surface area contributed by atoms with E-state index in [1.807, 2.05) is 0 Å². The number of hydrogen-bond donors (Lipinski definition) is 1. The second-order valence-electron chi connectivity index (χ2n) is 5.74. The van der Waals surface area contributed by atoms with Crippen LogP contribution in [-0.2, 0) is 8.67 Å². The Kier molecular flexibility index (Phi) is 10.1. The molecule has 0 heterocycles. The van der Waals surface area contributed by atoms with Crippen molar-refractivity contribution >= 4 is 162 Å². The molecule has 1 aromatic carbocycles. The maximum absolute atomic E-state index is 10.4. The van der Waals surface area contributed by atoms with E-state index < -0.39 is 31.0 Å². The van der Waals surface area contributed by atoms with Gasteiger partial charge < -0.3 is 5.11 Å². The molecule has 1 unspecified atom stereocenters. The van der Waals surface area contributed by atoms with Gasteiger partial charge in [0.25, 0.3) is 0 Å². The fourth-order valence-electron chi connectivity index (χ4n) is 2.26. The van der Waals surface area contributed by atoms with Crippen molar-refractivity contribution in [1.82, 2.24) is 0 Å². The minimum atomic E-state index is -2.43. The second kappa shape index (κ2) is 9.71. The Hall–Kier alpha value is 3.24. The Morgan fingerprint density at radius 2 is 0.897 bits per heavy atom. The molecule has 0 spiro atoms. The highest BCUT2D eigenvalue weighted by Crippen LogP contribution is 2.64. The van der Waals surface area contributed by atoms with Crippen molar-refractivity contribution in [3.63, 3.8) is 0 Å². The van der Waals surface area contributed by atoms with Crippen LogP contribution in [0.5, 0.6) is 0 Å². The Morgan fingerprint density at radius 1 is 0.621 bits per heavy atom. The van der Waals surface area contributed by atoms with Crippen molar-refractivity contribution in [1.29, 1.82) is 0 Å². The Balaban J connectivity index is 3.93. The fourth-order valence-corrected chi connectivity index (χ4v) is 5.32. The number of alkyl halides is 14. The van der Waals surface area contributed by atoms with Gasteiger partial charge in [0.2, 0.25) is 16.3 Å². The van der Waals surface area contributed by atoms with Gasteiger partial charge in [-0.3, -0.25) is 0 Å². The minimum absolute atomic E-state index is 0.0950. The highest BCUT2D eigenvalue weighted by atomic mass is 35.6. The fraction of sp³-hybridized carbons (Fsp3) is 0.571. The standard InChI is InChI=1S/C14H8Cl14O/c1-5(29)8-6(9(15,16)11(19,20)13(23,24)25)3-2-4-7(8)10(17,18)12(21,22)14(26,27)28/h2-5,29H,1H3. The van der Waals surface area contributed by atoms with Gasteiger partial charge in [0.15, 0.2) is 8.67 Å². The van der Waals surface area contributed by atoms with Gasteiger partial charge >= 0.3 is 0 Å². The number of halogens is 14. The predicted octanol–water partition coefficient (Wildman–Crippen LogP) is 10.1. The molecule has 29 heavy (non-hydrogen) atoms. The van der Waals surface area contributed by atoms with Crippen LogP contribution >= 0.6 is 162 Å². The van der Waals surface area contributed by atoms with E-state index in [-0.39, 0.29) is 16.7 Å². The summed E-state index contributed by atoms with van der Waals surface area (Å²) < 4.78 is -14.2. The highest BCUT2D eigenvalue weighted by molar-refractivity contribution is 6.79. The van der Waals surface area contributed by atoms with Crippen LogP contribution in [0.1, 0.15) is 29.7 Å². The van der Waals surface area contributed by atoms with Crippen molar-refractivity contribution in [2.24, 2.45) is 0 Å². The first kappa shape index (κ1) is 30.3. The molecule has 1 atom stereocenters. The van der Waals surface area contributed by atoms with E-state index in [1.165, 1.54) is 25.1 Å². The Bertz CT molecular complexity index is 687. The molecule has 15 heteroatoms. The average molecular weight is 689 g/mol. The van der Waals surface area contributed by atoms with E-state index in [1.54, 1.807) is 0 Å². The quantitative estimate of drug-likeness (QED) is 0.306. The van der Waals surface area contributed by atoms with Crippen molar-refractivity contribution in [3.05, 3.63) is 34.9 Å². The molecule has 0 aliphatic rings. The van der Waals surface area contributed by atoms with Gasteiger partial charge in [-0.25, -0.2) is 0 Å². The summed E-state index contributed by atoms with van der Waals surface area (Å²) in [5, 5.41) is 10.4. The lowest BCUT2D eigenvalue weighted by atomic mass is 9.90. The normalized spacial score (nSPS) is 16.1. The number of aliphatic hydroxyl groups excluding tert-OH is 1. The van der Waals surface area contributed by atoms with Crippen LogP contribution < -0.4 is 0 Å². The maximum Gasteiger partial charge on any atom is 0.226 e. The Morgan fingerprint density at radius 3 is 1.10 bits per heavy atom. The number of hydrogen-bond acceptors (Lipinski definition) is 1. The summed E-state index contributed by atoms with van der Waals surface area (Å²) in [6.45, 7) is 1.33. The predicted molar refractivity (Wildman–Crippen MR) is 133 cm³/mol. The zero-order chi connectivity index (χ0) is 23.4. The molecule has 0 fully saturated rings. The number of benzene rings is 1. The lowest BCUT2D eigenvalue weighted by molar-refractivity contribution is 0.196. The smallest absolute Gasteiger partial charge is 0.226 e. The van der Waals surface area contributed by atoms with E-state index in [2.05, 4.69) is 0 Å². The largest absolute Gasteiger partial charge is 0.389 e. The van der Waals surface area contributed by atoms with Crippen molar-refractivity contribution < 1.29 is 5.11 Å². The molecule has 0 aromatic heterocycles. The van der Waals surface area contributed by atoms with Gasteiger partial charge in [-0.15, -0.1) is 0 Å².